The van der Waals surface area contributed by atoms with Crippen LogP contribution in [0, 0.1) is 0 Å². The summed E-state index contributed by atoms with van der Waals surface area (Å²) in [4.78, 5) is 2.60. The van der Waals surface area contributed by atoms with Crippen LogP contribution in [0.15, 0.2) is 0 Å². The second-order valence-electron chi connectivity index (χ2n) is 4.89. The summed E-state index contributed by atoms with van der Waals surface area (Å²) in [6.07, 6.45) is 6.73. The molecule has 1 aliphatic rings. The molecule has 1 fully saturated rings. The molecule has 0 aromatic rings. The third-order valence-corrected chi connectivity index (χ3v) is 3.37. The van der Waals surface area contributed by atoms with Crippen LogP contribution in [-0.4, -0.2) is 50.8 Å². The highest BCUT2D eigenvalue weighted by atomic mass is 16.5. The summed E-state index contributed by atoms with van der Waals surface area (Å²) in [7, 11) is 1.77. The Hall–Kier alpha value is -0.120. The fourth-order valence-corrected chi connectivity index (χ4v) is 2.23. The second kappa shape index (κ2) is 8.97. The quantitative estimate of drug-likeness (QED) is 0.720. The molecule has 0 radical (unpaired) electrons. The average Bonchev–Trinajstić information content (AvgIpc) is 2.55. The molecule has 0 aliphatic carbocycles. The van der Waals surface area contributed by atoms with Gasteiger partial charge in [-0.1, -0.05) is 12.8 Å². The molecule has 0 bridgehead atoms. The Morgan fingerprint density at radius 2 is 1.88 bits per heavy atom. The Labute approximate surface area is 101 Å². The largest absolute Gasteiger partial charge is 0.385 e. The van der Waals surface area contributed by atoms with Gasteiger partial charge < -0.3 is 15.0 Å². The van der Waals surface area contributed by atoms with Crippen molar-refractivity contribution in [3.05, 3.63) is 0 Å². The molecule has 1 heterocycles. The predicted octanol–water partition coefficient (Wildman–Crippen LogP) is 1.88. The van der Waals surface area contributed by atoms with Crippen molar-refractivity contribution in [2.45, 2.75) is 45.1 Å². The minimum atomic E-state index is 0.576. The highest BCUT2D eigenvalue weighted by molar-refractivity contribution is 4.66. The first kappa shape index (κ1) is 13.9. The summed E-state index contributed by atoms with van der Waals surface area (Å²) in [5.74, 6) is 0. The molecule has 1 atom stereocenters. The molecule has 1 aliphatic heterocycles. The molecule has 16 heavy (non-hydrogen) atoms. The van der Waals surface area contributed by atoms with Gasteiger partial charge in [-0.05, 0) is 39.3 Å². The van der Waals surface area contributed by atoms with Gasteiger partial charge in [0.15, 0.2) is 0 Å². The van der Waals surface area contributed by atoms with E-state index in [0.717, 1.165) is 19.6 Å². The number of rotatable bonds is 7. The summed E-state index contributed by atoms with van der Waals surface area (Å²) in [5.41, 5.74) is 0. The summed E-state index contributed by atoms with van der Waals surface area (Å²) in [6, 6.07) is 0.576. The first-order valence-electron chi connectivity index (χ1n) is 6.77. The van der Waals surface area contributed by atoms with E-state index >= 15 is 0 Å². The summed E-state index contributed by atoms with van der Waals surface area (Å²) < 4.78 is 5.07. The molecular weight excluding hydrogens is 200 g/mol. The summed E-state index contributed by atoms with van der Waals surface area (Å²) >= 11 is 0. The second-order valence-corrected chi connectivity index (χ2v) is 4.89. The number of likely N-dealkylation sites (tertiary alicyclic amines) is 1. The maximum atomic E-state index is 5.07. The molecule has 3 nitrogen and oxygen atoms in total. The van der Waals surface area contributed by atoms with Crippen LogP contribution < -0.4 is 5.32 Å². The fraction of sp³-hybridized carbons (Fsp3) is 1.00. The van der Waals surface area contributed by atoms with E-state index < -0.39 is 0 Å². The van der Waals surface area contributed by atoms with Gasteiger partial charge in [-0.15, -0.1) is 0 Å². The molecule has 0 amide bonds. The lowest BCUT2D eigenvalue weighted by molar-refractivity contribution is 0.183. The lowest BCUT2D eigenvalue weighted by Gasteiger charge is -2.21. The van der Waals surface area contributed by atoms with E-state index in [0.29, 0.717) is 6.04 Å². The number of ether oxygens (including phenoxy) is 1. The average molecular weight is 228 g/mol. The number of hydrogen-bond acceptors (Lipinski definition) is 3. The molecule has 0 saturated carbocycles. The zero-order valence-electron chi connectivity index (χ0n) is 11.0. The Morgan fingerprint density at radius 1 is 1.19 bits per heavy atom. The zero-order chi connectivity index (χ0) is 11.6. The van der Waals surface area contributed by atoms with Gasteiger partial charge in [-0.25, -0.2) is 0 Å². The smallest absolute Gasteiger partial charge is 0.0476 e. The third kappa shape index (κ3) is 6.46. The van der Waals surface area contributed by atoms with Crippen molar-refractivity contribution in [2.24, 2.45) is 0 Å². The van der Waals surface area contributed by atoms with E-state index in [9.17, 15) is 0 Å². The van der Waals surface area contributed by atoms with Crippen LogP contribution in [0.25, 0.3) is 0 Å². The van der Waals surface area contributed by atoms with Crippen LogP contribution in [0.4, 0.5) is 0 Å². The minimum absolute atomic E-state index is 0.576. The Kier molecular flexibility index (Phi) is 7.81. The van der Waals surface area contributed by atoms with Gasteiger partial charge in [0.25, 0.3) is 0 Å². The molecule has 96 valence electrons. The molecule has 3 heteroatoms. The van der Waals surface area contributed by atoms with Gasteiger partial charge in [0.1, 0.15) is 0 Å². The highest BCUT2D eigenvalue weighted by Crippen LogP contribution is 2.08. The van der Waals surface area contributed by atoms with Crippen LogP contribution in [0.1, 0.15) is 39.0 Å². The molecule has 1 N–H and O–H groups in total. The van der Waals surface area contributed by atoms with Crippen LogP contribution >= 0.6 is 0 Å². The van der Waals surface area contributed by atoms with Gasteiger partial charge in [0, 0.05) is 32.8 Å². The van der Waals surface area contributed by atoms with E-state index in [1.807, 2.05) is 0 Å². The fourth-order valence-electron chi connectivity index (χ4n) is 2.23. The monoisotopic (exact) mass is 228 g/mol. The molecule has 1 saturated heterocycles. The Morgan fingerprint density at radius 3 is 2.50 bits per heavy atom. The van der Waals surface area contributed by atoms with Crippen LogP contribution in [0.5, 0.6) is 0 Å². The molecule has 0 aromatic carbocycles. The lowest BCUT2D eigenvalue weighted by Crippen LogP contribution is -2.36. The third-order valence-electron chi connectivity index (χ3n) is 3.37. The van der Waals surface area contributed by atoms with Crippen molar-refractivity contribution in [1.29, 1.82) is 0 Å². The van der Waals surface area contributed by atoms with E-state index in [1.54, 1.807) is 7.11 Å². The van der Waals surface area contributed by atoms with Crippen molar-refractivity contribution in [2.75, 3.05) is 39.9 Å². The van der Waals surface area contributed by atoms with Crippen molar-refractivity contribution in [1.82, 2.24) is 10.2 Å². The normalized spacial score (nSPS) is 20.6. The van der Waals surface area contributed by atoms with Gasteiger partial charge >= 0.3 is 0 Å². The van der Waals surface area contributed by atoms with E-state index in [4.69, 9.17) is 4.74 Å². The summed E-state index contributed by atoms with van der Waals surface area (Å²) in [6.45, 7) is 8.02. The topological polar surface area (TPSA) is 24.5 Å². The number of methoxy groups -OCH3 is 1. The maximum absolute atomic E-state index is 5.07. The Balaban J connectivity index is 2.00. The molecule has 1 rings (SSSR count). The van der Waals surface area contributed by atoms with Crippen LogP contribution in [-0.2, 0) is 4.74 Å². The first-order valence-corrected chi connectivity index (χ1v) is 6.77. The first-order chi connectivity index (χ1) is 7.83. The number of hydrogen-bond donors (Lipinski definition) is 1. The van der Waals surface area contributed by atoms with Crippen molar-refractivity contribution >= 4 is 0 Å². The zero-order valence-corrected chi connectivity index (χ0v) is 11.0. The van der Waals surface area contributed by atoms with Crippen molar-refractivity contribution < 1.29 is 4.74 Å². The molecular formula is C13H28N2O. The number of nitrogens with zero attached hydrogens (tertiary/aromatic N) is 1. The van der Waals surface area contributed by atoms with Crippen molar-refractivity contribution in [3.63, 3.8) is 0 Å². The molecule has 1 unspecified atom stereocenters. The molecule has 0 spiro atoms. The molecule has 0 aromatic heterocycles. The predicted molar refractivity (Wildman–Crippen MR) is 68.9 cm³/mol. The minimum Gasteiger partial charge on any atom is -0.385 e. The van der Waals surface area contributed by atoms with Crippen LogP contribution in [0.3, 0.4) is 0 Å². The van der Waals surface area contributed by atoms with Gasteiger partial charge in [0.2, 0.25) is 0 Å². The van der Waals surface area contributed by atoms with Crippen molar-refractivity contribution in [3.8, 4) is 0 Å². The van der Waals surface area contributed by atoms with Gasteiger partial charge in [-0.2, -0.15) is 0 Å². The van der Waals surface area contributed by atoms with E-state index in [2.05, 4.69) is 17.1 Å². The Bertz CT molecular complexity index is 156. The van der Waals surface area contributed by atoms with Gasteiger partial charge in [-0.3, -0.25) is 0 Å². The van der Waals surface area contributed by atoms with E-state index in [1.165, 1.54) is 45.3 Å². The van der Waals surface area contributed by atoms with Gasteiger partial charge in [0.05, 0.1) is 0 Å². The SMILES string of the molecule is COCCC(C)NCCN1CCCCCC1. The standard InChI is InChI=1S/C13H28N2O/c1-13(7-12-16-2)14-8-11-15-9-5-3-4-6-10-15/h13-14H,3-12H2,1-2H3. The highest BCUT2D eigenvalue weighted by Gasteiger charge is 2.08. The van der Waals surface area contributed by atoms with Crippen LogP contribution in [0.2, 0.25) is 0 Å². The lowest BCUT2D eigenvalue weighted by atomic mass is 10.2. The maximum Gasteiger partial charge on any atom is 0.0476 e. The summed E-state index contributed by atoms with van der Waals surface area (Å²) in [5, 5.41) is 3.56. The van der Waals surface area contributed by atoms with E-state index in [-0.39, 0.29) is 0 Å². The number of nitrogens with one attached hydrogen (secondary N) is 1.